The Balaban J connectivity index is 1.94. The molecule has 5 nitrogen and oxygen atoms in total. The summed E-state index contributed by atoms with van der Waals surface area (Å²) in [6.07, 6.45) is -23.2. The maximum Gasteiger partial charge on any atom is 0.573 e. The number of alkyl halides is 10. The van der Waals surface area contributed by atoms with Gasteiger partial charge in [-0.05, 0) is 29.8 Å². The van der Waals surface area contributed by atoms with Gasteiger partial charge in [-0.15, -0.1) is 13.2 Å². The number of benzene rings is 2. The average molecular weight is 509 g/mol. The molecule has 0 radical (unpaired) electrons. The molecule has 1 N–H and O–H groups in total. The molecule has 0 saturated carbocycles. The summed E-state index contributed by atoms with van der Waals surface area (Å²) in [5.41, 5.74) is -0.350. The van der Waals surface area contributed by atoms with Crippen molar-refractivity contribution in [2.45, 2.75) is 37.4 Å². The SMILES string of the molecule is OC(CN(Cc1cccc(OC(F)(F)F)c1)c1ccc2c(c1)OC(F)(F)C(F)(F)O2)C(F)(F)F. The zero-order valence-corrected chi connectivity index (χ0v) is 16.4. The van der Waals surface area contributed by atoms with Gasteiger partial charge in [0.2, 0.25) is 0 Å². The molecule has 0 spiro atoms. The van der Waals surface area contributed by atoms with Crippen LogP contribution in [-0.4, -0.2) is 42.5 Å². The summed E-state index contributed by atoms with van der Waals surface area (Å²) in [5.74, 6) is -2.46. The molecule has 2 aromatic rings. The molecule has 0 amide bonds. The molecule has 0 fully saturated rings. The highest BCUT2D eigenvalue weighted by molar-refractivity contribution is 5.57. The average Bonchev–Trinajstić information content (AvgIpc) is 2.65. The minimum Gasteiger partial charge on any atom is -0.421 e. The number of rotatable bonds is 6. The van der Waals surface area contributed by atoms with Gasteiger partial charge in [0.25, 0.3) is 0 Å². The van der Waals surface area contributed by atoms with Crippen LogP contribution in [0.5, 0.6) is 17.2 Å². The second-order valence-electron chi connectivity index (χ2n) is 7.00. The number of ether oxygens (including phenoxy) is 3. The van der Waals surface area contributed by atoms with Crippen molar-refractivity contribution < 1.29 is 63.2 Å². The standard InChI is InChI=1S/C19H13F10NO4/c20-16(21,22)15(31)9-30(8-10-2-1-3-12(6-10)32-19(27,28)29)11-4-5-13-14(7-11)34-18(25,26)17(23,24)33-13/h1-7,15,31H,8-9H2. The van der Waals surface area contributed by atoms with E-state index in [0.717, 1.165) is 35.2 Å². The molecule has 1 heterocycles. The van der Waals surface area contributed by atoms with E-state index in [1.807, 2.05) is 0 Å². The van der Waals surface area contributed by atoms with Gasteiger partial charge in [0, 0.05) is 18.3 Å². The van der Waals surface area contributed by atoms with Crippen molar-refractivity contribution in [3.05, 3.63) is 48.0 Å². The third-order valence-corrected chi connectivity index (χ3v) is 4.38. The maximum absolute atomic E-state index is 13.5. The Hall–Kier alpha value is -3.10. The predicted molar refractivity (Wildman–Crippen MR) is 93.8 cm³/mol. The van der Waals surface area contributed by atoms with Crippen LogP contribution < -0.4 is 19.1 Å². The number of aliphatic hydroxyl groups is 1. The smallest absolute Gasteiger partial charge is 0.421 e. The number of hydrogen-bond donors (Lipinski definition) is 1. The lowest BCUT2D eigenvalue weighted by atomic mass is 10.1. The number of anilines is 1. The number of hydrogen-bond acceptors (Lipinski definition) is 5. The van der Waals surface area contributed by atoms with Crippen LogP contribution in [0.1, 0.15) is 5.56 Å². The minimum atomic E-state index is -5.11. The molecular formula is C19H13F10NO4. The van der Waals surface area contributed by atoms with Gasteiger partial charge in [-0.1, -0.05) is 12.1 Å². The van der Waals surface area contributed by atoms with Crippen LogP contribution in [0.15, 0.2) is 42.5 Å². The largest absolute Gasteiger partial charge is 0.573 e. The summed E-state index contributed by atoms with van der Waals surface area (Å²) < 4.78 is 141. The first kappa shape index (κ1) is 25.5. The van der Waals surface area contributed by atoms with E-state index in [1.54, 1.807) is 0 Å². The summed E-state index contributed by atoms with van der Waals surface area (Å²) in [6, 6.07) is 6.43. The van der Waals surface area contributed by atoms with Gasteiger partial charge in [0.1, 0.15) is 5.75 Å². The fourth-order valence-electron chi connectivity index (χ4n) is 2.89. The van der Waals surface area contributed by atoms with Gasteiger partial charge < -0.3 is 24.2 Å². The highest BCUT2D eigenvalue weighted by atomic mass is 19.4. The molecule has 0 bridgehead atoms. The molecule has 0 aliphatic carbocycles. The monoisotopic (exact) mass is 509 g/mol. The van der Waals surface area contributed by atoms with E-state index in [9.17, 15) is 49.0 Å². The topological polar surface area (TPSA) is 51.2 Å². The van der Waals surface area contributed by atoms with Gasteiger partial charge in [-0.2, -0.15) is 30.7 Å². The molecule has 3 rings (SSSR count). The maximum atomic E-state index is 13.5. The van der Waals surface area contributed by atoms with Crippen LogP contribution in [0.2, 0.25) is 0 Å². The third-order valence-electron chi connectivity index (χ3n) is 4.38. The fraction of sp³-hybridized carbons (Fsp3) is 0.368. The zero-order valence-electron chi connectivity index (χ0n) is 16.4. The van der Waals surface area contributed by atoms with Gasteiger partial charge in [-0.3, -0.25) is 0 Å². The lowest BCUT2D eigenvalue weighted by Crippen LogP contribution is -2.52. The molecule has 1 aliphatic heterocycles. The Labute approximate surface area is 184 Å². The summed E-state index contributed by atoms with van der Waals surface area (Å²) >= 11 is 0. The first-order valence-corrected chi connectivity index (χ1v) is 9.09. The Morgan fingerprint density at radius 1 is 0.882 bits per heavy atom. The van der Waals surface area contributed by atoms with E-state index in [4.69, 9.17) is 0 Å². The van der Waals surface area contributed by atoms with E-state index in [0.29, 0.717) is 6.07 Å². The van der Waals surface area contributed by atoms with E-state index < -0.39 is 61.2 Å². The molecule has 0 saturated heterocycles. The lowest BCUT2D eigenvalue weighted by Gasteiger charge is -2.33. The van der Waals surface area contributed by atoms with Crippen molar-refractivity contribution in [2.75, 3.05) is 11.4 Å². The second kappa shape index (κ2) is 8.60. The Bertz CT molecular complexity index is 1020. The second-order valence-corrected chi connectivity index (χ2v) is 7.00. The molecular weight excluding hydrogens is 496 g/mol. The van der Waals surface area contributed by atoms with Crippen LogP contribution in [-0.2, 0) is 6.54 Å². The molecule has 34 heavy (non-hydrogen) atoms. The van der Waals surface area contributed by atoms with Crippen LogP contribution in [0, 0.1) is 0 Å². The van der Waals surface area contributed by atoms with E-state index >= 15 is 0 Å². The summed E-state index contributed by atoms with van der Waals surface area (Å²) in [4.78, 5) is 0.763. The number of halogens is 10. The molecule has 1 aliphatic rings. The molecule has 188 valence electrons. The summed E-state index contributed by atoms with van der Waals surface area (Å²) in [5, 5.41) is 9.48. The first-order valence-electron chi connectivity index (χ1n) is 9.09. The minimum absolute atomic E-state index is 0.0251. The molecule has 1 atom stereocenters. The molecule has 2 aromatic carbocycles. The van der Waals surface area contributed by atoms with E-state index in [-0.39, 0.29) is 11.3 Å². The predicted octanol–water partition coefficient (Wildman–Crippen LogP) is 5.47. The normalized spacial score (nSPS) is 17.7. The van der Waals surface area contributed by atoms with Crippen molar-refractivity contribution in [1.82, 2.24) is 0 Å². The van der Waals surface area contributed by atoms with Crippen LogP contribution >= 0.6 is 0 Å². The van der Waals surface area contributed by atoms with Crippen molar-refractivity contribution in [1.29, 1.82) is 0 Å². The number of fused-ring (bicyclic) bond motifs is 1. The van der Waals surface area contributed by atoms with Crippen molar-refractivity contribution in [2.24, 2.45) is 0 Å². The highest BCUT2D eigenvalue weighted by Gasteiger charge is 2.66. The van der Waals surface area contributed by atoms with Crippen molar-refractivity contribution >= 4 is 5.69 Å². The third kappa shape index (κ3) is 5.87. The van der Waals surface area contributed by atoms with Gasteiger partial charge in [0.05, 0.1) is 6.54 Å². The molecule has 0 aromatic heterocycles. The quantitative estimate of drug-likeness (QED) is 0.524. The summed E-state index contributed by atoms with van der Waals surface area (Å²) in [6.45, 7) is -1.77. The Morgan fingerprint density at radius 2 is 1.50 bits per heavy atom. The van der Waals surface area contributed by atoms with E-state index in [2.05, 4.69) is 14.2 Å². The van der Waals surface area contributed by atoms with Gasteiger partial charge in [-0.25, -0.2) is 0 Å². The summed E-state index contributed by atoms with van der Waals surface area (Å²) in [7, 11) is 0. The number of nitrogens with zero attached hydrogens (tertiary/aromatic N) is 1. The number of aliphatic hydroxyl groups excluding tert-OH is 1. The van der Waals surface area contributed by atoms with Crippen LogP contribution in [0.25, 0.3) is 0 Å². The first-order chi connectivity index (χ1) is 15.5. The van der Waals surface area contributed by atoms with E-state index in [1.165, 1.54) is 6.07 Å². The Morgan fingerprint density at radius 3 is 2.09 bits per heavy atom. The lowest BCUT2D eigenvalue weighted by molar-refractivity contribution is -0.391. The highest BCUT2D eigenvalue weighted by Crippen LogP contribution is 2.48. The van der Waals surface area contributed by atoms with Crippen LogP contribution in [0.4, 0.5) is 49.6 Å². The van der Waals surface area contributed by atoms with Crippen LogP contribution in [0.3, 0.4) is 0 Å². The molecule has 15 heteroatoms. The van der Waals surface area contributed by atoms with Gasteiger partial charge >= 0.3 is 24.8 Å². The van der Waals surface area contributed by atoms with Gasteiger partial charge in [0.15, 0.2) is 17.6 Å². The molecule has 1 unspecified atom stereocenters. The Kier molecular flexibility index (Phi) is 6.45. The zero-order chi connectivity index (χ0) is 25.5. The van der Waals surface area contributed by atoms with Crippen molar-refractivity contribution in [3.8, 4) is 17.2 Å². The van der Waals surface area contributed by atoms with Crippen molar-refractivity contribution in [3.63, 3.8) is 0 Å². The fourth-order valence-corrected chi connectivity index (χ4v) is 2.89.